The Morgan fingerprint density at radius 1 is 1.35 bits per heavy atom. The van der Waals surface area contributed by atoms with Crippen LogP contribution in [-0.4, -0.2) is 38.1 Å². The van der Waals surface area contributed by atoms with Crippen molar-refractivity contribution in [2.75, 3.05) is 7.11 Å². The van der Waals surface area contributed by atoms with Crippen molar-refractivity contribution in [2.45, 2.75) is 19.4 Å². The van der Waals surface area contributed by atoms with Crippen molar-refractivity contribution < 1.29 is 19.7 Å². The second kappa shape index (κ2) is 6.77. The van der Waals surface area contributed by atoms with Gasteiger partial charge in [-0.05, 0) is 55.2 Å². The number of benzene rings is 2. The van der Waals surface area contributed by atoms with Crippen molar-refractivity contribution in [3.8, 4) is 17.7 Å². The Kier molecular flexibility index (Phi) is 4.15. The summed E-state index contributed by atoms with van der Waals surface area (Å²) in [7, 11) is 1.58. The number of aromatic hydroxyl groups is 1. The third-order valence-corrected chi connectivity index (χ3v) is 6.19. The molecule has 0 amide bonds. The average Bonchev–Trinajstić information content (AvgIpc) is 3.28. The van der Waals surface area contributed by atoms with Crippen LogP contribution in [-0.2, 0) is 4.79 Å². The largest absolute Gasteiger partial charge is 0.496 e. The van der Waals surface area contributed by atoms with Crippen LogP contribution in [0, 0.1) is 30.1 Å². The fourth-order valence-corrected chi connectivity index (χ4v) is 4.59. The summed E-state index contributed by atoms with van der Waals surface area (Å²) in [5.41, 5.74) is 3.65. The van der Waals surface area contributed by atoms with Crippen LogP contribution in [0.1, 0.15) is 29.2 Å². The van der Waals surface area contributed by atoms with Gasteiger partial charge in [0.15, 0.2) is 0 Å². The first-order valence-electron chi connectivity index (χ1n) is 9.93. The van der Waals surface area contributed by atoms with E-state index in [1.165, 1.54) is 4.68 Å². The van der Waals surface area contributed by atoms with E-state index in [0.29, 0.717) is 28.6 Å². The van der Waals surface area contributed by atoms with Gasteiger partial charge < -0.3 is 19.9 Å². The quantitative estimate of drug-likeness (QED) is 0.455. The van der Waals surface area contributed by atoms with Crippen molar-refractivity contribution in [3.05, 3.63) is 53.2 Å². The molecule has 1 saturated carbocycles. The molecule has 0 saturated heterocycles. The number of hydrogen-bond donors (Lipinski definition) is 3. The van der Waals surface area contributed by atoms with Gasteiger partial charge in [0.2, 0.25) is 5.88 Å². The molecule has 3 atom stereocenters. The molecule has 0 radical (unpaired) electrons. The van der Waals surface area contributed by atoms with E-state index in [1.807, 2.05) is 25.3 Å². The number of H-pyrrole nitrogens is 1. The third-order valence-electron chi connectivity index (χ3n) is 6.19. The van der Waals surface area contributed by atoms with Crippen LogP contribution in [0.2, 0.25) is 0 Å². The van der Waals surface area contributed by atoms with Gasteiger partial charge >= 0.3 is 5.97 Å². The van der Waals surface area contributed by atoms with Gasteiger partial charge in [-0.2, -0.15) is 10.4 Å². The zero-order valence-electron chi connectivity index (χ0n) is 17.0. The average molecular weight is 416 g/mol. The summed E-state index contributed by atoms with van der Waals surface area (Å²) < 4.78 is 7.19. The number of nitrogens with zero attached hydrogens (tertiary/aromatic N) is 3. The first-order valence-corrected chi connectivity index (χ1v) is 9.93. The van der Waals surface area contributed by atoms with E-state index < -0.39 is 17.9 Å². The Hall–Kier alpha value is -3.99. The van der Waals surface area contributed by atoms with Gasteiger partial charge in [0.05, 0.1) is 41.6 Å². The molecule has 5 rings (SSSR count). The molecule has 156 valence electrons. The van der Waals surface area contributed by atoms with Crippen LogP contribution < -0.4 is 4.74 Å². The van der Waals surface area contributed by atoms with Crippen LogP contribution in [0.25, 0.3) is 21.8 Å². The lowest BCUT2D eigenvalue weighted by Crippen LogP contribution is -2.18. The lowest BCUT2D eigenvalue weighted by molar-refractivity contribution is -0.139. The molecule has 1 aliphatic carbocycles. The number of carbonyl (C=O) groups is 1. The Bertz CT molecular complexity index is 1390. The molecule has 4 aromatic rings. The second-order valence-electron chi connectivity index (χ2n) is 7.98. The summed E-state index contributed by atoms with van der Waals surface area (Å²) in [5.74, 6) is -1.15. The normalized spacial score (nSPS) is 18.7. The highest BCUT2D eigenvalue weighted by molar-refractivity contribution is 5.90. The second-order valence-corrected chi connectivity index (χ2v) is 7.98. The van der Waals surface area contributed by atoms with E-state index in [2.05, 4.69) is 16.2 Å². The van der Waals surface area contributed by atoms with E-state index >= 15 is 0 Å². The molecular formula is C23H20N4O4. The number of aliphatic carboxylic acids is 1. The summed E-state index contributed by atoms with van der Waals surface area (Å²) in [5, 5.41) is 35.9. The zero-order valence-corrected chi connectivity index (χ0v) is 17.0. The Balaban J connectivity index is 1.79. The fourth-order valence-electron chi connectivity index (χ4n) is 4.59. The topological polar surface area (TPSA) is 124 Å². The molecule has 3 unspecified atom stereocenters. The van der Waals surface area contributed by atoms with Crippen molar-refractivity contribution in [3.63, 3.8) is 0 Å². The molecule has 2 heterocycles. The number of aromatic nitrogens is 3. The molecule has 1 fully saturated rings. The highest BCUT2D eigenvalue weighted by Gasteiger charge is 2.51. The maximum Gasteiger partial charge on any atom is 0.306 e. The van der Waals surface area contributed by atoms with Crippen molar-refractivity contribution in [1.82, 2.24) is 14.8 Å². The Morgan fingerprint density at radius 3 is 2.84 bits per heavy atom. The van der Waals surface area contributed by atoms with Crippen LogP contribution >= 0.6 is 0 Å². The number of nitrogens with one attached hydrogen (secondary N) is 1. The minimum Gasteiger partial charge on any atom is -0.496 e. The summed E-state index contributed by atoms with van der Waals surface area (Å²) in [6.07, 6.45) is 2.31. The van der Waals surface area contributed by atoms with Crippen LogP contribution in [0.15, 0.2) is 36.5 Å². The number of aromatic amines is 1. The predicted octanol–water partition coefficient (Wildman–Crippen LogP) is 3.72. The highest BCUT2D eigenvalue weighted by Crippen LogP contribution is 2.54. The van der Waals surface area contributed by atoms with E-state index in [-0.39, 0.29) is 11.8 Å². The van der Waals surface area contributed by atoms with Crippen molar-refractivity contribution in [2.24, 2.45) is 11.8 Å². The number of hydrogen-bond acceptors (Lipinski definition) is 5. The number of carboxylic acid groups (broad SMARTS) is 1. The standard InChI is InChI=1S/C23H20N4O4/c1-11-7-18(31-2)19(13-5-6-25-20(11)13)21(14-9-15(14)23(29)30)27-22(28)16-8-12(10-24)3-4-17(16)26-27/h3-8,14-15,21,25,28H,9H2,1-2H3,(H,29,30). The molecule has 31 heavy (non-hydrogen) atoms. The lowest BCUT2D eigenvalue weighted by atomic mass is 9.94. The molecule has 2 aromatic carbocycles. The smallest absolute Gasteiger partial charge is 0.306 e. The van der Waals surface area contributed by atoms with E-state index in [1.54, 1.807) is 25.3 Å². The van der Waals surface area contributed by atoms with Gasteiger partial charge in [0, 0.05) is 22.7 Å². The van der Waals surface area contributed by atoms with Crippen molar-refractivity contribution >= 4 is 27.8 Å². The predicted molar refractivity (Wildman–Crippen MR) is 113 cm³/mol. The number of rotatable bonds is 5. The molecule has 3 N–H and O–H groups in total. The van der Waals surface area contributed by atoms with E-state index in [9.17, 15) is 20.3 Å². The number of ether oxygens (including phenoxy) is 1. The monoisotopic (exact) mass is 416 g/mol. The van der Waals surface area contributed by atoms with Gasteiger partial charge in [-0.25, -0.2) is 4.68 Å². The lowest BCUT2D eigenvalue weighted by Gasteiger charge is -2.23. The first kappa shape index (κ1) is 19.0. The number of carboxylic acids is 1. The molecule has 8 nitrogen and oxygen atoms in total. The molecule has 0 spiro atoms. The number of nitriles is 1. The molecule has 8 heteroatoms. The zero-order chi connectivity index (χ0) is 21.9. The van der Waals surface area contributed by atoms with Crippen LogP contribution in [0.3, 0.4) is 0 Å². The van der Waals surface area contributed by atoms with E-state index in [0.717, 1.165) is 22.0 Å². The van der Waals surface area contributed by atoms with Crippen molar-refractivity contribution in [1.29, 1.82) is 5.26 Å². The minimum absolute atomic E-state index is 0.0977. The van der Waals surface area contributed by atoms with Crippen LogP contribution in [0.5, 0.6) is 11.6 Å². The van der Waals surface area contributed by atoms with Gasteiger partial charge in [-0.3, -0.25) is 4.79 Å². The molecular weight excluding hydrogens is 396 g/mol. The van der Waals surface area contributed by atoms with Gasteiger partial charge in [-0.15, -0.1) is 0 Å². The summed E-state index contributed by atoms with van der Waals surface area (Å²) in [6.45, 7) is 1.97. The Labute approximate surface area is 177 Å². The van der Waals surface area contributed by atoms with E-state index in [4.69, 9.17) is 4.74 Å². The summed E-state index contributed by atoms with van der Waals surface area (Å²) in [6, 6.07) is 10.3. The van der Waals surface area contributed by atoms with Gasteiger partial charge in [0.25, 0.3) is 0 Å². The maximum atomic E-state index is 11.7. The summed E-state index contributed by atoms with van der Waals surface area (Å²) >= 11 is 0. The molecule has 2 aromatic heterocycles. The SMILES string of the molecule is COc1cc(C)c2[nH]ccc2c1C(C1CC1C(=O)O)n1nc2ccc(C#N)cc2c1O. The number of methoxy groups -OCH3 is 1. The van der Waals surface area contributed by atoms with Crippen LogP contribution in [0.4, 0.5) is 0 Å². The number of fused-ring (bicyclic) bond motifs is 2. The number of aryl methyl sites for hydroxylation is 1. The molecule has 1 aliphatic rings. The van der Waals surface area contributed by atoms with Gasteiger partial charge in [-0.1, -0.05) is 0 Å². The first-order chi connectivity index (χ1) is 14.9. The highest BCUT2D eigenvalue weighted by atomic mass is 16.5. The summed E-state index contributed by atoms with van der Waals surface area (Å²) in [4.78, 5) is 15.0. The van der Waals surface area contributed by atoms with Gasteiger partial charge in [0.1, 0.15) is 5.75 Å². The maximum absolute atomic E-state index is 11.7. The molecule has 0 bridgehead atoms. The molecule has 0 aliphatic heterocycles. The minimum atomic E-state index is -0.866. The fraction of sp³-hybridized carbons (Fsp3) is 0.261. The Morgan fingerprint density at radius 2 is 2.16 bits per heavy atom. The third kappa shape index (κ3) is 2.81.